The molecule has 0 spiro atoms. The molecule has 1 aliphatic rings. The molecule has 0 saturated heterocycles. The molecule has 3 aromatic rings. The molecule has 0 aliphatic carbocycles. The van der Waals surface area contributed by atoms with Crippen LogP contribution in [0.2, 0.25) is 0 Å². The summed E-state index contributed by atoms with van der Waals surface area (Å²) in [6.45, 7) is 0.566. The number of rotatable bonds is 8. The van der Waals surface area contributed by atoms with E-state index in [1.165, 1.54) is 29.1 Å². The number of aryl methyl sites for hydroxylation is 1. The molecule has 160 valence electrons. The maximum Gasteiger partial charge on any atom is 0.272 e. The first kappa shape index (κ1) is 21.5. The van der Waals surface area contributed by atoms with Gasteiger partial charge >= 0.3 is 0 Å². The molecule has 2 heterocycles. The molecule has 31 heavy (non-hydrogen) atoms. The van der Waals surface area contributed by atoms with Gasteiger partial charge in [-0.1, -0.05) is 54.2 Å². The van der Waals surface area contributed by atoms with Gasteiger partial charge in [0.05, 0.1) is 29.1 Å². The molecule has 0 saturated carbocycles. The van der Waals surface area contributed by atoms with Crippen LogP contribution in [-0.4, -0.2) is 40.6 Å². The summed E-state index contributed by atoms with van der Waals surface area (Å²) in [6, 6.07) is 17.4. The van der Waals surface area contributed by atoms with Crippen LogP contribution in [0.25, 0.3) is 5.69 Å². The van der Waals surface area contributed by atoms with Crippen LogP contribution in [0.3, 0.4) is 0 Å². The molecule has 8 heteroatoms. The summed E-state index contributed by atoms with van der Waals surface area (Å²) in [4.78, 5) is 31.1. The van der Waals surface area contributed by atoms with Crippen molar-refractivity contribution in [2.75, 3.05) is 25.2 Å². The molecule has 2 aromatic carbocycles. The van der Waals surface area contributed by atoms with Gasteiger partial charge in [-0.15, -0.1) is 11.8 Å². The number of carbonyl (C=O) groups is 1. The summed E-state index contributed by atoms with van der Waals surface area (Å²) in [5.41, 5.74) is 2.51. The Morgan fingerprint density at radius 2 is 1.97 bits per heavy atom. The van der Waals surface area contributed by atoms with Crippen molar-refractivity contribution >= 4 is 29.4 Å². The number of benzene rings is 2. The first-order valence-electron chi connectivity index (χ1n) is 10.0. The highest BCUT2D eigenvalue weighted by Gasteiger charge is 2.24. The van der Waals surface area contributed by atoms with Gasteiger partial charge in [0, 0.05) is 18.7 Å². The van der Waals surface area contributed by atoms with Gasteiger partial charge in [0.2, 0.25) is 5.91 Å². The van der Waals surface area contributed by atoms with E-state index in [1.54, 1.807) is 11.7 Å². The lowest BCUT2D eigenvalue weighted by atomic mass is 10.1. The van der Waals surface area contributed by atoms with Crippen LogP contribution >= 0.6 is 23.5 Å². The first-order chi connectivity index (χ1) is 15.2. The number of amides is 1. The maximum atomic E-state index is 13.3. The molecule has 0 unspecified atom stereocenters. The number of methoxy groups -OCH3 is 1. The Kier molecular flexibility index (Phi) is 6.99. The van der Waals surface area contributed by atoms with Crippen LogP contribution < -0.4 is 15.6 Å². The molecule has 1 aromatic heterocycles. The summed E-state index contributed by atoms with van der Waals surface area (Å²) < 4.78 is 7.03. The van der Waals surface area contributed by atoms with E-state index in [2.05, 4.69) is 5.32 Å². The highest BCUT2D eigenvalue weighted by molar-refractivity contribution is 8.00. The molecule has 1 N–H and O–H groups in total. The SMILES string of the molecule is COc1ccccc1-n1c(SCC(=O)NCCc2ccccc2)nc2c(c1=O)SCC2. The van der Waals surface area contributed by atoms with Crippen molar-refractivity contribution in [2.24, 2.45) is 0 Å². The van der Waals surface area contributed by atoms with Gasteiger partial charge in [-0.25, -0.2) is 4.98 Å². The van der Waals surface area contributed by atoms with Gasteiger partial charge in [-0.2, -0.15) is 0 Å². The summed E-state index contributed by atoms with van der Waals surface area (Å²) in [5, 5.41) is 3.45. The second-order valence-corrected chi connectivity index (χ2v) is 9.00. The van der Waals surface area contributed by atoms with E-state index in [0.717, 1.165) is 24.3 Å². The number of fused-ring (bicyclic) bond motifs is 1. The third kappa shape index (κ3) is 4.97. The molecule has 1 amide bonds. The van der Waals surface area contributed by atoms with Crippen LogP contribution in [-0.2, 0) is 17.6 Å². The number of thioether (sulfide) groups is 2. The van der Waals surface area contributed by atoms with E-state index in [0.29, 0.717) is 28.0 Å². The number of para-hydroxylation sites is 2. The molecule has 0 bridgehead atoms. The fourth-order valence-corrected chi connectivity index (χ4v) is 5.26. The summed E-state index contributed by atoms with van der Waals surface area (Å²) in [7, 11) is 1.58. The minimum atomic E-state index is -0.107. The molecule has 0 radical (unpaired) electrons. The minimum Gasteiger partial charge on any atom is -0.495 e. The topological polar surface area (TPSA) is 73.2 Å². The number of hydrogen-bond acceptors (Lipinski definition) is 6. The minimum absolute atomic E-state index is 0.0865. The van der Waals surface area contributed by atoms with Gasteiger partial charge < -0.3 is 10.1 Å². The summed E-state index contributed by atoms with van der Waals surface area (Å²) >= 11 is 2.80. The lowest BCUT2D eigenvalue weighted by Gasteiger charge is -2.16. The van der Waals surface area contributed by atoms with Gasteiger partial charge in [-0.3, -0.25) is 14.2 Å². The number of nitrogens with one attached hydrogen (secondary N) is 1. The highest BCUT2D eigenvalue weighted by atomic mass is 32.2. The zero-order valence-electron chi connectivity index (χ0n) is 17.2. The van der Waals surface area contributed by atoms with Crippen LogP contribution in [0.5, 0.6) is 5.75 Å². The zero-order chi connectivity index (χ0) is 21.6. The average molecular weight is 454 g/mol. The van der Waals surface area contributed by atoms with Crippen molar-refractivity contribution in [3.63, 3.8) is 0 Å². The maximum absolute atomic E-state index is 13.3. The largest absolute Gasteiger partial charge is 0.495 e. The fraction of sp³-hybridized carbons (Fsp3) is 0.261. The van der Waals surface area contributed by atoms with Gasteiger partial charge in [-0.05, 0) is 24.1 Å². The standard InChI is InChI=1S/C23H23N3O3S2/c1-29-19-10-6-5-9-18(19)26-22(28)21-17(12-14-30-21)25-23(26)31-15-20(27)24-13-11-16-7-3-2-4-8-16/h2-10H,11-15H2,1H3,(H,24,27). The van der Waals surface area contributed by atoms with Crippen LogP contribution in [0, 0.1) is 0 Å². The van der Waals surface area contributed by atoms with E-state index in [9.17, 15) is 9.59 Å². The predicted molar refractivity (Wildman–Crippen MR) is 125 cm³/mol. The Morgan fingerprint density at radius 1 is 1.19 bits per heavy atom. The molecule has 6 nitrogen and oxygen atoms in total. The smallest absolute Gasteiger partial charge is 0.272 e. The predicted octanol–water partition coefficient (Wildman–Crippen LogP) is 3.34. The second kappa shape index (κ2) is 10.1. The molecular formula is C23H23N3O3S2. The normalized spacial score (nSPS) is 12.4. The zero-order valence-corrected chi connectivity index (χ0v) is 18.8. The molecule has 4 rings (SSSR count). The monoisotopic (exact) mass is 453 g/mol. The van der Waals surface area contributed by atoms with E-state index < -0.39 is 0 Å². The van der Waals surface area contributed by atoms with Crippen LogP contribution in [0.4, 0.5) is 0 Å². The van der Waals surface area contributed by atoms with Gasteiger partial charge in [0.25, 0.3) is 5.56 Å². The summed E-state index contributed by atoms with van der Waals surface area (Å²) in [5.74, 6) is 1.53. The quantitative estimate of drug-likeness (QED) is 0.417. The van der Waals surface area contributed by atoms with E-state index in [4.69, 9.17) is 9.72 Å². The Morgan fingerprint density at radius 3 is 2.77 bits per heavy atom. The Labute approximate surface area is 189 Å². The number of ether oxygens (including phenoxy) is 1. The Balaban J connectivity index is 1.52. The third-order valence-electron chi connectivity index (χ3n) is 4.90. The van der Waals surface area contributed by atoms with Crippen molar-refractivity contribution < 1.29 is 9.53 Å². The molecular weight excluding hydrogens is 430 g/mol. The number of nitrogens with zero attached hydrogens (tertiary/aromatic N) is 2. The lowest BCUT2D eigenvalue weighted by Crippen LogP contribution is -2.28. The van der Waals surface area contributed by atoms with Gasteiger partial charge in [0.15, 0.2) is 5.16 Å². The van der Waals surface area contributed by atoms with Crippen LogP contribution in [0.15, 0.2) is 69.4 Å². The average Bonchev–Trinajstić information content (AvgIpc) is 3.27. The van der Waals surface area contributed by atoms with Crippen molar-refractivity contribution in [1.82, 2.24) is 14.9 Å². The molecule has 0 fully saturated rings. The molecule has 1 aliphatic heterocycles. The van der Waals surface area contributed by atoms with E-state index in [-0.39, 0.29) is 17.2 Å². The van der Waals surface area contributed by atoms with Gasteiger partial charge in [0.1, 0.15) is 5.75 Å². The number of aromatic nitrogens is 2. The fourth-order valence-electron chi connectivity index (χ4n) is 3.39. The number of carbonyl (C=O) groups excluding carboxylic acids is 1. The highest BCUT2D eigenvalue weighted by Crippen LogP contribution is 2.31. The second-order valence-electron chi connectivity index (χ2n) is 6.96. The van der Waals surface area contributed by atoms with Crippen molar-refractivity contribution in [3.05, 3.63) is 76.2 Å². The van der Waals surface area contributed by atoms with Crippen molar-refractivity contribution in [3.8, 4) is 11.4 Å². The third-order valence-corrected chi connectivity index (χ3v) is 6.95. The Bertz CT molecular complexity index is 1130. The van der Waals surface area contributed by atoms with Crippen molar-refractivity contribution in [2.45, 2.75) is 22.9 Å². The van der Waals surface area contributed by atoms with E-state index >= 15 is 0 Å². The lowest BCUT2D eigenvalue weighted by molar-refractivity contribution is -0.118. The Hall–Kier alpha value is -2.71. The molecule has 0 atom stereocenters. The number of hydrogen-bond donors (Lipinski definition) is 1. The van der Waals surface area contributed by atoms with Crippen LogP contribution in [0.1, 0.15) is 11.3 Å². The van der Waals surface area contributed by atoms with E-state index in [1.807, 2.05) is 54.6 Å². The first-order valence-corrected chi connectivity index (χ1v) is 12.0. The van der Waals surface area contributed by atoms with Crippen molar-refractivity contribution in [1.29, 1.82) is 0 Å². The summed E-state index contributed by atoms with van der Waals surface area (Å²) in [6.07, 6.45) is 1.54.